The molecule has 0 saturated carbocycles. The van der Waals surface area contributed by atoms with Crippen LogP contribution in [0.4, 0.5) is 0 Å². The van der Waals surface area contributed by atoms with Crippen molar-refractivity contribution in [3.63, 3.8) is 0 Å². The van der Waals surface area contributed by atoms with Gasteiger partial charge in [0.1, 0.15) is 6.61 Å². The molecule has 304 valence electrons. The SMILES string of the molecule is CCCCC/C=C\C=C\C(=O)CCCCCCCC(=O)O[C@H](COC(=O)CCCCCCCCCCCCCCCCC)COP(=O)(O)OCCN. The van der Waals surface area contributed by atoms with Gasteiger partial charge in [0.25, 0.3) is 0 Å². The Bertz CT molecular complexity index is 972. The van der Waals surface area contributed by atoms with Gasteiger partial charge in [-0.1, -0.05) is 154 Å². The molecule has 0 aliphatic carbocycles. The van der Waals surface area contributed by atoms with E-state index in [4.69, 9.17) is 24.3 Å². The van der Waals surface area contributed by atoms with Gasteiger partial charge in [0, 0.05) is 25.8 Å². The maximum absolute atomic E-state index is 12.5. The molecule has 0 aromatic carbocycles. The molecule has 0 heterocycles. The molecule has 0 rings (SSSR count). The zero-order valence-electron chi connectivity index (χ0n) is 33.0. The monoisotopic (exact) mass is 758 g/mol. The van der Waals surface area contributed by atoms with Crippen molar-refractivity contribution in [3.05, 3.63) is 24.3 Å². The van der Waals surface area contributed by atoms with Crippen molar-refractivity contribution in [1.82, 2.24) is 0 Å². The van der Waals surface area contributed by atoms with Gasteiger partial charge in [0.2, 0.25) is 0 Å². The fraction of sp³-hybridized carbons (Fsp3) is 0.829. The van der Waals surface area contributed by atoms with E-state index in [1.165, 1.54) is 96.3 Å². The van der Waals surface area contributed by atoms with E-state index in [2.05, 4.69) is 19.9 Å². The maximum Gasteiger partial charge on any atom is 0.472 e. The summed E-state index contributed by atoms with van der Waals surface area (Å²) in [6.45, 7) is 3.55. The van der Waals surface area contributed by atoms with Crippen LogP contribution >= 0.6 is 7.82 Å². The molecule has 1 unspecified atom stereocenters. The number of esters is 2. The summed E-state index contributed by atoms with van der Waals surface area (Å²) in [5, 5.41) is 0. The van der Waals surface area contributed by atoms with Crippen LogP contribution in [0.3, 0.4) is 0 Å². The van der Waals surface area contributed by atoms with E-state index in [0.29, 0.717) is 12.8 Å². The van der Waals surface area contributed by atoms with E-state index in [0.717, 1.165) is 51.4 Å². The molecule has 0 aliphatic rings. The first-order valence-corrected chi connectivity index (χ1v) is 22.3. The fourth-order valence-corrected chi connectivity index (χ4v) is 6.44. The van der Waals surface area contributed by atoms with Crippen LogP contribution in [0.5, 0.6) is 0 Å². The lowest BCUT2D eigenvalue weighted by Crippen LogP contribution is -2.29. The quantitative estimate of drug-likeness (QED) is 0.0204. The topological polar surface area (TPSA) is 151 Å². The summed E-state index contributed by atoms with van der Waals surface area (Å²) in [4.78, 5) is 46.8. The second kappa shape index (κ2) is 37.5. The number of phosphoric acid groups is 1. The first-order chi connectivity index (χ1) is 25.2. The molecule has 11 heteroatoms. The lowest BCUT2D eigenvalue weighted by Gasteiger charge is -2.19. The van der Waals surface area contributed by atoms with E-state index in [1.807, 2.05) is 12.2 Å². The average Bonchev–Trinajstić information content (AvgIpc) is 3.12. The third-order valence-corrected chi connectivity index (χ3v) is 9.80. The van der Waals surface area contributed by atoms with Crippen molar-refractivity contribution >= 4 is 25.5 Å². The molecule has 0 bridgehead atoms. The number of ketones is 1. The first kappa shape index (κ1) is 50.2. The van der Waals surface area contributed by atoms with Gasteiger partial charge in [-0.15, -0.1) is 0 Å². The summed E-state index contributed by atoms with van der Waals surface area (Å²) >= 11 is 0. The molecule has 0 amide bonds. The second-order valence-electron chi connectivity index (χ2n) is 13.9. The van der Waals surface area contributed by atoms with E-state index in [9.17, 15) is 23.8 Å². The molecule has 52 heavy (non-hydrogen) atoms. The van der Waals surface area contributed by atoms with Crippen LogP contribution in [0, 0.1) is 0 Å². The number of carbonyl (C=O) groups is 3. The van der Waals surface area contributed by atoms with Gasteiger partial charge in [-0.3, -0.25) is 23.4 Å². The van der Waals surface area contributed by atoms with Gasteiger partial charge in [-0.2, -0.15) is 0 Å². The summed E-state index contributed by atoms with van der Waals surface area (Å²) < 4.78 is 32.6. The number of phosphoric ester groups is 1. The van der Waals surface area contributed by atoms with E-state index < -0.39 is 32.5 Å². The van der Waals surface area contributed by atoms with Gasteiger partial charge in [0.05, 0.1) is 13.2 Å². The van der Waals surface area contributed by atoms with Crippen LogP contribution in [-0.4, -0.2) is 55.1 Å². The van der Waals surface area contributed by atoms with Gasteiger partial charge >= 0.3 is 19.8 Å². The van der Waals surface area contributed by atoms with E-state index in [1.54, 1.807) is 6.08 Å². The van der Waals surface area contributed by atoms with Crippen LogP contribution < -0.4 is 5.73 Å². The molecule has 0 aromatic heterocycles. The molecule has 0 aliphatic heterocycles. The zero-order chi connectivity index (χ0) is 38.4. The molecule has 0 radical (unpaired) electrons. The molecule has 3 N–H and O–H groups in total. The molecule has 0 fully saturated rings. The van der Waals surface area contributed by atoms with E-state index >= 15 is 0 Å². The normalized spacial score (nSPS) is 13.5. The Kier molecular flexibility index (Phi) is 36.1. The number of nitrogens with two attached hydrogens (primary N) is 1. The Morgan fingerprint density at radius 1 is 0.615 bits per heavy atom. The minimum absolute atomic E-state index is 0.0352. The lowest BCUT2D eigenvalue weighted by atomic mass is 10.0. The number of carbonyl (C=O) groups excluding carboxylic acids is 3. The summed E-state index contributed by atoms with van der Waals surface area (Å²) in [7, 11) is -4.40. The highest BCUT2D eigenvalue weighted by Gasteiger charge is 2.26. The standard InChI is InChI=1S/C41H76NO9P/c1-3-5-7-9-11-12-13-14-15-16-17-18-20-24-28-32-40(44)48-36-39(37-50-52(46,47)49-35-34-42)51-41(45)33-29-25-21-23-27-31-38(43)30-26-22-19-10-8-6-4-2/h19,22,26,30,39H,3-18,20-21,23-25,27-29,31-37,42H2,1-2H3,(H,46,47)/b22-19-,30-26+/t39-/m1/s1. The number of ether oxygens (including phenoxy) is 2. The highest BCUT2D eigenvalue weighted by Crippen LogP contribution is 2.43. The predicted octanol–water partition coefficient (Wildman–Crippen LogP) is 10.8. The van der Waals surface area contributed by atoms with Crippen molar-refractivity contribution in [3.8, 4) is 0 Å². The minimum atomic E-state index is -4.40. The molecule has 0 saturated heterocycles. The number of unbranched alkanes of at least 4 members (excludes halogenated alkanes) is 21. The number of allylic oxidation sites excluding steroid dienone is 4. The minimum Gasteiger partial charge on any atom is -0.462 e. The van der Waals surface area contributed by atoms with Gasteiger partial charge in [-0.05, 0) is 38.2 Å². The molecule has 10 nitrogen and oxygen atoms in total. The zero-order valence-corrected chi connectivity index (χ0v) is 33.9. The van der Waals surface area contributed by atoms with E-state index in [-0.39, 0.29) is 38.4 Å². The fourth-order valence-electron chi connectivity index (χ4n) is 5.67. The molecule has 2 atom stereocenters. The van der Waals surface area contributed by atoms with Crippen molar-refractivity contribution in [2.45, 2.75) is 193 Å². The van der Waals surface area contributed by atoms with Crippen molar-refractivity contribution < 1.29 is 42.4 Å². The number of hydrogen-bond donors (Lipinski definition) is 2. The van der Waals surface area contributed by atoms with Crippen LogP contribution in [-0.2, 0) is 37.5 Å². The predicted molar refractivity (Wildman–Crippen MR) is 211 cm³/mol. The third-order valence-electron chi connectivity index (χ3n) is 8.82. The van der Waals surface area contributed by atoms with Crippen molar-refractivity contribution in [2.24, 2.45) is 5.73 Å². The molecular weight excluding hydrogens is 681 g/mol. The van der Waals surface area contributed by atoms with Crippen LogP contribution in [0.15, 0.2) is 24.3 Å². The summed E-state index contributed by atoms with van der Waals surface area (Å²) in [5.41, 5.74) is 5.33. The third kappa shape index (κ3) is 36.5. The maximum atomic E-state index is 12.5. The smallest absolute Gasteiger partial charge is 0.462 e. The molecule has 0 spiro atoms. The highest BCUT2D eigenvalue weighted by molar-refractivity contribution is 7.47. The van der Waals surface area contributed by atoms with Crippen LogP contribution in [0.25, 0.3) is 0 Å². The van der Waals surface area contributed by atoms with Crippen molar-refractivity contribution in [2.75, 3.05) is 26.4 Å². The van der Waals surface area contributed by atoms with Gasteiger partial charge < -0.3 is 20.1 Å². The second-order valence-corrected chi connectivity index (χ2v) is 15.4. The Labute approximate surface area is 317 Å². The van der Waals surface area contributed by atoms with Gasteiger partial charge in [-0.25, -0.2) is 4.57 Å². The Hall–Kier alpha value is -1.84. The Morgan fingerprint density at radius 3 is 1.63 bits per heavy atom. The average molecular weight is 758 g/mol. The summed E-state index contributed by atoms with van der Waals surface area (Å²) in [6.07, 6.45) is 34.5. The largest absolute Gasteiger partial charge is 0.472 e. The number of rotatable bonds is 39. The molecule has 0 aromatic rings. The number of hydrogen-bond acceptors (Lipinski definition) is 9. The Balaban J connectivity index is 4.25. The lowest BCUT2D eigenvalue weighted by molar-refractivity contribution is -0.161. The van der Waals surface area contributed by atoms with Crippen LogP contribution in [0.1, 0.15) is 187 Å². The van der Waals surface area contributed by atoms with Crippen molar-refractivity contribution in [1.29, 1.82) is 0 Å². The Morgan fingerprint density at radius 2 is 1.10 bits per heavy atom. The highest BCUT2D eigenvalue weighted by atomic mass is 31.2. The summed E-state index contributed by atoms with van der Waals surface area (Å²) in [5.74, 6) is -0.799. The van der Waals surface area contributed by atoms with Crippen LogP contribution in [0.2, 0.25) is 0 Å². The molecular formula is C41H76NO9P. The first-order valence-electron chi connectivity index (χ1n) is 20.8. The summed E-state index contributed by atoms with van der Waals surface area (Å²) in [6, 6.07) is 0. The van der Waals surface area contributed by atoms with Gasteiger partial charge in [0.15, 0.2) is 11.9 Å².